The van der Waals surface area contributed by atoms with Crippen LogP contribution in [0.1, 0.15) is 5.56 Å². The van der Waals surface area contributed by atoms with Crippen molar-refractivity contribution in [1.82, 2.24) is 0 Å². The molecule has 0 spiro atoms. The van der Waals surface area contributed by atoms with Crippen LogP contribution in [0.4, 0.5) is 0 Å². The molecule has 0 saturated carbocycles. The van der Waals surface area contributed by atoms with E-state index in [4.69, 9.17) is 15.7 Å². The second kappa shape index (κ2) is 4.68. The normalized spacial score (nSPS) is 10.8. The number of methoxy groups -OCH3 is 1. The molecule has 1 aromatic carbocycles. The molecule has 1 aromatic rings. The van der Waals surface area contributed by atoms with Crippen molar-refractivity contribution < 1.29 is 4.74 Å². The third kappa shape index (κ3) is 2.27. The average Bonchev–Trinajstić information content (AvgIpc) is 2.19. The highest BCUT2D eigenvalue weighted by Crippen LogP contribution is 2.25. The molecule has 2 N–H and O–H groups in total. The molecule has 0 saturated heterocycles. The van der Waals surface area contributed by atoms with E-state index in [1.165, 1.54) is 6.08 Å². The zero-order valence-electron chi connectivity index (χ0n) is 7.62. The Hall–Kier alpha value is -1.47. The second-order valence-electron chi connectivity index (χ2n) is 2.57. The fourth-order valence-corrected chi connectivity index (χ4v) is 1.48. The van der Waals surface area contributed by atoms with E-state index >= 15 is 0 Å². The van der Waals surface area contributed by atoms with Gasteiger partial charge in [0.1, 0.15) is 5.75 Å². The Bertz CT molecular complexity index is 407. The molecule has 0 radical (unpaired) electrons. The molecule has 0 aromatic heterocycles. The molecule has 72 valence electrons. The molecule has 0 amide bonds. The van der Waals surface area contributed by atoms with Gasteiger partial charge in [-0.1, -0.05) is 15.9 Å². The summed E-state index contributed by atoms with van der Waals surface area (Å²) in [6.45, 7) is 0. The first-order chi connectivity index (χ1) is 6.69. The predicted molar refractivity (Wildman–Crippen MR) is 58.5 cm³/mol. The topological polar surface area (TPSA) is 59.0 Å². The standard InChI is InChI=1S/C10H9BrN2O/c1-14-7-2-3-9(11)8(6-7)10(13)4-5-12/h2-4,6H,13H2,1H3/b10-4-. The molecule has 1 rings (SSSR count). The number of hydrogen-bond donors (Lipinski definition) is 1. The van der Waals surface area contributed by atoms with Crippen LogP contribution in [0.5, 0.6) is 5.75 Å². The number of rotatable bonds is 2. The summed E-state index contributed by atoms with van der Waals surface area (Å²) in [6, 6.07) is 7.29. The summed E-state index contributed by atoms with van der Waals surface area (Å²) in [5, 5.41) is 8.46. The largest absolute Gasteiger partial charge is 0.497 e. The molecule has 4 heteroatoms. The van der Waals surface area contributed by atoms with Gasteiger partial charge in [0, 0.05) is 16.1 Å². The molecule has 0 fully saturated rings. The Morgan fingerprint density at radius 2 is 2.36 bits per heavy atom. The Morgan fingerprint density at radius 1 is 1.64 bits per heavy atom. The summed E-state index contributed by atoms with van der Waals surface area (Å²) < 4.78 is 5.89. The molecule has 0 bridgehead atoms. The highest BCUT2D eigenvalue weighted by molar-refractivity contribution is 9.10. The van der Waals surface area contributed by atoms with Crippen molar-refractivity contribution in [2.24, 2.45) is 5.73 Å². The zero-order valence-corrected chi connectivity index (χ0v) is 9.21. The van der Waals surface area contributed by atoms with Crippen LogP contribution in [-0.2, 0) is 0 Å². The van der Waals surface area contributed by atoms with Crippen LogP contribution < -0.4 is 10.5 Å². The first kappa shape index (κ1) is 10.6. The highest BCUT2D eigenvalue weighted by Gasteiger charge is 2.04. The number of halogens is 1. The lowest BCUT2D eigenvalue weighted by Gasteiger charge is -2.06. The van der Waals surface area contributed by atoms with Crippen molar-refractivity contribution in [1.29, 1.82) is 5.26 Å². The van der Waals surface area contributed by atoms with Crippen molar-refractivity contribution in [2.75, 3.05) is 7.11 Å². The Morgan fingerprint density at radius 3 is 2.93 bits per heavy atom. The minimum Gasteiger partial charge on any atom is -0.497 e. The summed E-state index contributed by atoms with van der Waals surface area (Å²) in [5.74, 6) is 0.706. The van der Waals surface area contributed by atoms with E-state index in [2.05, 4.69) is 15.9 Å². The molecule has 0 heterocycles. The number of nitriles is 1. The van der Waals surface area contributed by atoms with Gasteiger partial charge in [-0.15, -0.1) is 0 Å². The van der Waals surface area contributed by atoms with Crippen molar-refractivity contribution >= 4 is 21.6 Å². The lowest BCUT2D eigenvalue weighted by Crippen LogP contribution is -1.97. The fourth-order valence-electron chi connectivity index (χ4n) is 1.000. The number of nitrogens with zero attached hydrogens (tertiary/aromatic N) is 1. The van der Waals surface area contributed by atoms with Crippen molar-refractivity contribution in [3.8, 4) is 11.8 Å². The maximum atomic E-state index is 8.46. The van der Waals surface area contributed by atoms with E-state index in [1.807, 2.05) is 18.2 Å². The van der Waals surface area contributed by atoms with Gasteiger partial charge in [0.05, 0.1) is 18.9 Å². The van der Waals surface area contributed by atoms with Crippen LogP contribution in [0.25, 0.3) is 5.70 Å². The van der Waals surface area contributed by atoms with E-state index in [0.29, 0.717) is 11.4 Å². The van der Waals surface area contributed by atoms with Gasteiger partial charge >= 0.3 is 0 Å². The van der Waals surface area contributed by atoms with Crippen LogP contribution in [0.3, 0.4) is 0 Å². The number of hydrogen-bond acceptors (Lipinski definition) is 3. The van der Waals surface area contributed by atoms with Gasteiger partial charge in [0.2, 0.25) is 0 Å². The van der Waals surface area contributed by atoms with Gasteiger partial charge in [-0.25, -0.2) is 0 Å². The van der Waals surface area contributed by atoms with Crippen molar-refractivity contribution in [3.63, 3.8) is 0 Å². The number of ether oxygens (including phenoxy) is 1. The Kier molecular flexibility index (Phi) is 3.55. The van der Waals surface area contributed by atoms with Gasteiger partial charge in [-0.2, -0.15) is 5.26 Å². The van der Waals surface area contributed by atoms with E-state index in [0.717, 1.165) is 10.0 Å². The molecule has 0 atom stereocenters. The Balaban J connectivity index is 3.20. The number of nitrogens with two attached hydrogens (primary N) is 1. The van der Waals surface area contributed by atoms with Crippen molar-refractivity contribution in [3.05, 3.63) is 34.3 Å². The molecule has 3 nitrogen and oxygen atoms in total. The molecule has 0 aliphatic carbocycles. The van der Waals surface area contributed by atoms with Crippen LogP contribution >= 0.6 is 15.9 Å². The van der Waals surface area contributed by atoms with Crippen LogP contribution in [0.15, 0.2) is 28.7 Å². The van der Waals surface area contributed by atoms with Gasteiger partial charge in [-0.3, -0.25) is 0 Å². The third-order valence-electron chi connectivity index (χ3n) is 1.70. The van der Waals surface area contributed by atoms with Gasteiger partial charge in [0.25, 0.3) is 0 Å². The fraction of sp³-hybridized carbons (Fsp3) is 0.100. The molecular formula is C10H9BrN2O. The van der Waals surface area contributed by atoms with E-state index in [1.54, 1.807) is 13.2 Å². The van der Waals surface area contributed by atoms with E-state index in [9.17, 15) is 0 Å². The maximum Gasteiger partial charge on any atom is 0.119 e. The Labute approximate surface area is 90.9 Å². The number of allylic oxidation sites excluding steroid dienone is 1. The molecular weight excluding hydrogens is 244 g/mol. The van der Waals surface area contributed by atoms with Crippen LogP contribution in [-0.4, -0.2) is 7.11 Å². The minimum absolute atomic E-state index is 0.415. The molecule has 14 heavy (non-hydrogen) atoms. The summed E-state index contributed by atoms with van der Waals surface area (Å²) in [5.41, 5.74) is 6.85. The third-order valence-corrected chi connectivity index (χ3v) is 2.40. The van der Waals surface area contributed by atoms with Gasteiger partial charge in [-0.05, 0) is 18.2 Å². The summed E-state index contributed by atoms with van der Waals surface area (Å²) in [6.07, 6.45) is 1.29. The van der Waals surface area contributed by atoms with Gasteiger partial charge < -0.3 is 10.5 Å². The first-order valence-corrected chi connectivity index (χ1v) is 4.67. The summed E-state index contributed by atoms with van der Waals surface area (Å²) >= 11 is 3.34. The molecule has 0 aliphatic rings. The van der Waals surface area contributed by atoms with E-state index in [-0.39, 0.29) is 0 Å². The lowest BCUT2D eigenvalue weighted by molar-refractivity contribution is 0.414. The maximum absolute atomic E-state index is 8.46. The van der Waals surface area contributed by atoms with Crippen LogP contribution in [0, 0.1) is 11.3 Å². The summed E-state index contributed by atoms with van der Waals surface area (Å²) in [4.78, 5) is 0. The molecule has 0 aliphatic heterocycles. The monoisotopic (exact) mass is 252 g/mol. The van der Waals surface area contributed by atoms with Gasteiger partial charge in [0.15, 0.2) is 0 Å². The average molecular weight is 253 g/mol. The van der Waals surface area contributed by atoms with Crippen molar-refractivity contribution in [2.45, 2.75) is 0 Å². The zero-order chi connectivity index (χ0) is 10.6. The van der Waals surface area contributed by atoms with E-state index < -0.39 is 0 Å². The van der Waals surface area contributed by atoms with Crippen LogP contribution in [0.2, 0.25) is 0 Å². The first-order valence-electron chi connectivity index (χ1n) is 3.88. The quantitative estimate of drug-likeness (QED) is 0.822. The SMILES string of the molecule is COc1ccc(Br)c(/C(N)=C/C#N)c1. The summed E-state index contributed by atoms with van der Waals surface area (Å²) in [7, 11) is 1.58. The number of benzene rings is 1. The minimum atomic E-state index is 0.415. The predicted octanol–water partition coefficient (Wildman–Crippen LogP) is 2.28. The highest BCUT2D eigenvalue weighted by atomic mass is 79.9. The second-order valence-corrected chi connectivity index (χ2v) is 3.43. The lowest BCUT2D eigenvalue weighted by atomic mass is 10.1. The molecule has 0 unspecified atom stereocenters. The smallest absolute Gasteiger partial charge is 0.119 e.